The van der Waals surface area contributed by atoms with E-state index in [0.717, 1.165) is 24.8 Å². The molecule has 0 radical (unpaired) electrons. The fourth-order valence-corrected chi connectivity index (χ4v) is 2.92. The molecule has 0 aliphatic rings. The summed E-state index contributed by atoms with van der Waals surface area (Å²) < 4.78 is 108. The third-order valence-corrected chi connectivity index (χ3v) is 5.17. The summed E-state index contributed by atoms with van der Waals surface area (Å²) >= 11 is 8.31. The molecule has 5 heterocycles. The van der Waals surface area contributed by atoms with Gasteiger partial charge in [0.25, 0.3) is 0 Å². The first-order chi connectivity index (χ1) is 22.7. The van der Waals surface area contributed by atoms with Crippen molar-refractivity contribution in [3.63, 3.8) is 0 Å². The van der Waals surface area contributed by atoms with Crippen LogP contribution in [0.1, 0.15) is 17.5 Å². The number of alkyl halides is 9. The number of aromatic nitrogens is 10. The summed E-state index contributed by atoms with van der Waals surface area (Å²) in [5.74, 6) is -3.12. The highest BCUT2D eigenvalue weighted by molar-refractivity contribution is 9.10. The SMILES string of the molecule is FC(F)(F)c1ncc(Br)cn1.Nc1cncc(-c2cnc(C(F)(F)F)nc2)n1.Nc1cncc(Cl)n1.OB(O)c1cnc(C(F)(F)F)nc1. The van der Waals surface area contributed by atoms with Crippen LogP contribution in [0.5, 0.6) is 0 Å². The smallest absolute Gasteiger partial charge is 0.423 e. The van der Waals surface area contributed by atoms with Gasteiger partial charge in [-0.05, 0) is 15.9 Å². The zero-order chi connectivity index (χ0) is 37.0. The molecule has 0 atom stereocenters. The maximum atomic E-state index is 12.2. The van der Waals surface area contributed by atoms with Gasteiger partial charge >= 0.3 is 25.6 Å². The van der Waals surface area contributed by atoms with Crippen LogP contribution < -0.4 is 16.9 Å². The summed E-state index contributed by atoms with van der Waals surface area (Å²) in [7, 11) is -1.86. The fourth-order valence-electron chi connectivity index (χ4n) is 2.56. The minimum absolute atomic E-state index is 0.169. The Labute approximate surface area is 281 Å². The maximum Gasteiger partial charge on any atom is 0.491 e. The Hall–Kier alpha value is -4.88. The normalized spacial score (nSPS) is 11.1. The van der Waals surface area contributed by atoms with Crippen molar-refractivity contribution < 1.29 is 49.6 Å². The molecule has 5 aromatic heterocycles. The molecule has 0 aliphatic heterocycles. The summed E-state index contributed by atoms with van der Waals surface area (Å²) in [6, 6.07) is 0. The summed E-state index contributed by atoms with van der Waals surface area (Å²) in [6.07, 6.45) is -2.49. The minimum Gasteiger partial charge on any atom is -0.423 e. The van der Waals surface area contributed by atoms with Crippen molar-refractivity contribution in [2.75, 3.05) is 11.5 Å². The van der Waals surface area contributed by atoms with Crippen LogP contribution in [0.25, 0.3) is 11.3 Å². The number of hydrogen-bond donors (Lipinski definition) is 4. The molecule has 0 bridgehead atoms. The second kappa shape index (κ2) is 17.5. The molecule has 0 unspecified atom stereocenters. The van der Waals surface area contributed by atoms with Crippen molar-refractivity contribution >= 4 is 51.7 Å². The molecule has 5 rings (SSSR count). The first-order valence-electron chi connectivity index (χ1n) is 12.2. The fraction of sp³-hybridized carbons (Fsp3) is 0.130. The van der Waals surface area contributed by atoms with Crippen LogP contribution >= 0.6 is 27.5 Å². The van der Waals surface area contributed by atoms with Crippen molar-refractivity contribution in [1.29, 1.82) is 0 Å². The highest BCUT2D eigenvalue weighted by Gasteiger charge is 2.35. The molecular formula is C23H16BBrClF9N12O2. The number of rotatable bonds is 2. The lowest BCUT2D eigenvalue weighted by molar-refractivity contribution is -0.145. The second-order valence-corrected chi connectivity index (χ2v) is 9.63. The first kappa shape index (κ1) is 40.3. The van der Waals surface area contributed by atoms with Crippen LogP contribution in [0, 0.1) is 0 Å². The van der Waals surface area contributed by atoms with E-state index in [2.05, 4.69) is 65.8 Å². The molecule has 0 aliphatic carbocycles. The van der Waals surface area contributed by atoms with E-state index < -0.39 is 43.1 Å². The van der Waals surface area contributed by atoms with Gasteiger partial charge in [0.15, 0.2) is 0 Å². The van der Waals surface area contributed by atoms with Crippen LogP contribution in [-0.2, 0) is 18.5 Å². The number of nitrogens with two attached hydrogens (primary N) is 2. The topological polar surface area (TPSA) is 221 Å². The van der Waals surface area contributed by atoms with Crippen molar-refractivity contribution in [2.24, 2.45) is 0 Å². The highest BCUT2D eigenvalue weighted by atomic mass is 79.9. The third-order valence-electron chi connectivity index (χ3n) is 4.58. The van der Waals surface area contributed by atoms with Crippen LogP contribution in [-0.4, -0.2) is 67.0 Å². The average molecular weight is 790 g/mol. The molecular weight excluding hydrogens is 773 g/mol. The summed E-state index contributed by atoms with van der Waals surface area (Å²) in [6.45, 7) is 0. The molecule has 26 heteroatoms. The average Bonchev–Trinajstić information content (AvgIpc) is 3.01. The number of hydrogen-bond acceptors (Lipinski definition) is 14. The summed E-state index contributed by atoms with van der Waals surface area (Å²) in [5.41, 5.74) is 11.0. The third kappa shape index (κ3) is 14.4. The van der Waals surface area contributed by atoms with Gasteiger partial charge < -0.3 is 21.5 Å². The zero-order valence-electron chi connectivity index (χ0n) is 23.5. The second-order valence-electron chi connectivity index (χ2n) is 8.32. The van der Waals surface area contributed by atoms with Crippen molar-refractivity contribution in [1.82, 2.24) is 49.8 Å². The summed E-state index contributed by atoms with van der Waals surface area (Å²) in [4.78, 5) is 33.4. The molecule has 0 fully saturated rings. The molecule has 49 heavy (non-hydrogen) atoms. The Balaban J connectivity index is 0.000000235. The molecule has 260 valence electrons. The zero-order valence-corrected chi connectivity index (χ0v) is 25.9. The van der Waals surface area contributed by atoms with E-state index >= 15 is 0 Å². The van der Waals surface area contributed by atoms with E-state index in [4.69, 9.17) is 33.1 Å². The number of halogens is 11. The van der Waals surface area contributed by atoms with Crippen LogP contribution in [0.3, 0.4) is 0 Å². The molecule has 14 nitrogen and oxygen atoms in total. The van der Waals surface area contributed by atoms with E-state index in [1.165, 1.54) is 24.8 Å². The monoisotopic (exact) mass is 788 g/mol. The lowest BCUT2D eigenvalue weighted by atomic mass is 9.83. The molecule has 0 aromatic carbocycles. The standard InChI is InChI=1S/C9H6F3N5.C5H4BF3N2O2.C5H2BrF3N2.C4H4ClN3/c10-9(11,12)8-15-1-5(2-16-8)6-3-14-4-7(13)17-6;7-5(8,9)4-10-1-3(2-11-4)6(12)13;6-3-1-10-4(11-2-3)5(7,8)9;5-3-1-7-2-4(6)8-3/h1-4H,(H2,13,17);1-2,12-13H;1-2H;1-2H,(H2,6,8). The van der Waals surface area contributed by atoms with Crippen LogP contribution in [0.2, 0.25) is 5.15 Å². The van der Waals surface area contributed by atoms with E-state index in [1.54, 1.807) is 0 Å². The van der Waals surface area contributed by atoms with E-state index in [1.807, 2.05) is 0 Å². The van der Waals surface area contributed by atoms with Gasteiger partial charge in [0.1, 0.15) is 16.8 Å². The van der Waals surface area contributed by atoms with Gasteiger partial charge in [-0.15, -0.1) is 0 Å². The van der Waals surface area contributed by atoms with Gasteiger partial charge in [0.2, 0.25) is 17.5 Å². The largest absolute Gasteiger partial charge is 0.491 e. The van der Waals surface area contributed by atoms with Crippen LogP contribution in [0.4, 0.5) is 51.1 Å². The molecule has 0 saturated heterocycles. The summed E-state index contributed by atoms with van der Waals surface area (Å²) in [5, 5.41) is 17.3. The Morgan fingerprint density at radius 1 is 0.571 bits per heavy atom. The van der Waals surface area contributed by atoms with Gasteiger partial charge in [0, 0.05) is 48.2 Å². The quantitative estimate of drug-likeness (QED) is 0.148. The lowest BCUT2D eigenvalue weighted by Crippen LogP contribution is -2.31. The Bertz CT molecular complexity index is 1740. The van der Waals surface area contributed by atoms with Crippen molar-refractivity contribution in [3.05, 3.63) is 89.1 Å². The maximum absolute atomic E-state index is 12.2. The van der Waals surface area contributed by atoms with Crippen LogP contribution in [0.15, 0.2) is 66.4 Å². The molecule has 0 saturated carbocycles. The van der Waals surface area contributed by atoms with E-state index in [9.17, 15) is 39.5 Å². The number of anilines is 2. The predicted molar refractivity (Wildman–Crippen MR) is 156 cm³/mol. The van der Waals surface area contributed by atoms with Gasteiger partial charge in [-0.1, -0.05) is 11.6 Å². The molecule has 6 N–H and O–H groups in total. The molecule has 0 amide bonds. The van der Waals surface area contributed by atoms with E-state index in [-0.39, 0.29) is 11.3 Å². The first-order valence-corrected chi connectivity index (χ1v) is 13.3. The number of nitrogen functional groups attached to an aromatic ring is 2. The Morgan fingerprint density at radius 3 is 1.31 bits per heavy atom. The molecule has 5 aromatic rings. The van der Waals surface area contributed by atoms with Gasteiger partial charge in [0.05, 0.1) is 35.0 Å². The highest BCUT2D eigenvalue weighted by Crippen LogP contribution is 2.27. The number of nitrogens with zero attached hydrogens (tertiary/aromatic N) is 10. The van der Waals surface area contributed by atoms with Gasteiger partial charge in [-0.25, -0.2) is 39.9 Å². The molecule has 0 spiro atoms. The van der Waals surface area contributed by atoms with E-state index in [0.29, 0.717) is 39.1 Å². The lowest BCUT2D eigenvalue weighted by Gasteiger charge is -2.05. The van der Waals surface area contributed by atoms with Gasteiger partial charge in [-0.2, -0.15) is 39.5 Å². The van der Waals surface area contributed by atoms with Crippen molar-refractivity contribution in [2.45, 2.75) is 18.5 Å². The van der Waals surface area contributed by atoms with Crippen molar-refractivity contribution in [3.8, 4) is 11.3 Å². The predicted octanol–water partition coefficient (Wildman–Crippen LogP) is 3.68. The Kier molecular flexibility index (Phi) is 14.4. The minimum atomic E-state index is -4.61. The van der Waals surface area contributed by atoms with Gasteiger partial charge in [-0.3, -0.25) is 9.97 Å². The Morgan fingerprint density at radius 2 is 0.959 bits per heavy atom.